The van der Waals surface area contributed by atoms with Gasteiger partial charge in [-0.15, -0.1) is 0 Å². The largest absolute Gasteiger partial charge is 0.318 e. The van der Waals surface area contributed by atoms with Crippen LogP contribution in [-0.4, -0.2) is 43.7 Å². The molecular formula is C12H21N3. The van der Waals surface area contributed by atoms with E-state index in [4.69, 9.17) is 5.73 Å². The molecule has 0 aliphatic carbocycles. The standard InChI is InChI=1S/C12H21N3/c1-14(2)8-9-15(11-13)10-12-6-4-3-5-7-12/h3-7H,8-11,13H2,1-2H3. The van der Waals surface area contributed by atoms with Crippen molar-refractivity contribution >= 4 is 0 Å². The third-order valence-corrected chi connectivity index (χ3v) is 2.37. The van der Waals surface area contributed by atoms with Crippen LogP contribution in [0, 0.1) is 0 Å². The van der Waals surface area contributed by atoms with Crippen molar-refractivity contribution < 1.29 is 0 Å². The van der Waals surface area contributed by atoms with Crippen molar-refractivity contribution in [1.82, 2.24) is 9.80 Å². The molecule has 0 atom stereocenters. The number of benzene rings is 1. The number of likely N-dealkylation sites (N-methyl/N-ethyl adjacent to an activating group) is 1. The molecule has 0 aliphatic heterocycles. The highest BCUT2D eigenvalue weighted by atomic mass is 15.2. The van der Waals surface area contributed by atoms with Crippen molar-refractivity contribution in [3.8, 4) is 0 Å². The highest BCUT2D eigenvalue weighted by molar-refractivity contribution is 5.14. The van der Waals surface area contributed by atoms with Crippen LogP contribution < -0.4 is 5.73 Å². The Morgan fingerprint density at radius 2 is 1.73 bits per heavy atom. The van der Waals surface area contributed by atoms with Gasteiger partial charge in [-0.3, -0.25) is 4.90 Å². The third kappa shape index (κ3) is 4.93. The normalized spacial score (nSPS) is 11.3. The van der Waals surface area contributed by atoms with Crippen LogP contribution in [0.3, 0.4) is 0 Å². The molecule has 0 saturated heterocycles. The summed E-state index contributed by atoms with van der Waals surface area (Å²) < 4.78 is 0. The Kier molecular flexibility index (Phi) is 5.32. The molecule has 0 saturated carbocycles. The molecule has 0 bridgehead atoms. The van der Waals surface area contributed by atoms with Crippen LogP contribution in [0.5, 0.6) is 0 Å². The van der Waals surface area contributed by atoms with E-state index in [0.717, 1.165) is 19.6 Å². The second kappa shape index (κ2) is 6.56. The number of rotatable bonds is 6. The summed E-state index contributed by atoms with van der Waals surface area (Å²) in [4.78, 5) is 4.42. The second-order valence-corrected chi connectivity index (χ2v) is 4.02. The molecule has 1 rings (SSSR count). The number of nitrogens with zero attached hydrogens (tertiary/aromatic N) is 2. The van der Waals surface area contributed by atoms with Crippen LogP contribution in [-0.2, 0) is 6.54 Å². The lowest BCUT2D eigenvalue weighted by atomic mass is 10.2. The third-order valence-electron chi connectivity index (χ3n) is 2.37. The Labute approximate surface area is 92.5 Å². The summed E-state index contributed by atoms with van der Waals surface area (Å²) in [5.74, 6) is 0. The average Bonchev–Trinajstić information content (AvgIpc) is 2.25. The van der Waals surface area contributed by atoms with Gasteiger partial charge in [-0.05, 0) is 19.7 Å². The van der Waals surface area contributed by atoms with Crippen molar-refractivity contribution in [3.63, 3.8) is 0 Å². The summed E-state index contributed by atoms with van der Waals surface area (Å²) in [5, 5.41) is 0. The van der Waals surface area contributed by atoms with Gasteiger partial charge in [0.15, 0.2) is 0 Å². The van der Waals surface area contributed by atoms with E-state index in [1.165, 1.54) is 5.56 Å². The minimum absolute atomic E-state index is 0.614. The van der Waals surface area contributed by atoms with Gasteiger partial charge in [0.2, 0.25) is 0 Å². The first-order chi connectivity index (χ1) is 7.22. The Morgan fingerprint density at radius 3 is 2.27 bits per heavy atom. The minimum atomic E-state index is 0.614. The molecule has 0 spiro atoms. The summed E-state index contributed by atoms with van der Waals surface area (Å²) in [6.07, 6.45) is 0. The van der Waals surface area contributed by atoms with Gasteiger partial charge in [0.05, 0.1) is 0 Å². The Morgan fingerprint density at radius 1 is 1.07 bits per heavy atom. The maximum Gasteiger partial charge on any atom is 0.0459 e. The predicted octanol–water partition coefficient (Wildman–Crippen LogP) is 0.966. The van der Waals surface area contributed by atoms with Crippen molar-refractivity contribution in [2.24, 2.45) is 5.73 Å². The molecule has 3 nitrogen and oxygen atoms in total. The topological polar surface area (TPSA) is 32.5 Å². The lowest BCUT2D eigenvalue weighted by molar-refractivity contribution is 0.239. The van der Waals surface area contributed by atoms with E-state index in [1.807, 2.05) is 6.07 Å². The fourth-order valence-electron chi connectivity index (χ4n) is 1.42. The molecule has 0 aromatic heterocycles. The summed E-state index contributed by atoms with van der Waals surface area (Å²) in [6, 6.07) is 10.4. The molecule has 0 fully saturated rings. The van der Waals surface area contributed by atoms with Crippen molar-refractivity contribution in [3.05, 3.63) is 35.9 Å². The van der Waals surface area contributed by atoms with Crippen LogP contribution in [0.25, 0.3) is 0 Å². The van der Waals surface area contributed by atoms with Gasteiger partial charge in [-0.1, -0.05) is 30.3 Å². The van der Waals surface area contributed by atoms with Gasteiger partial charge in [-0.25, -0.2) is 0 Å². The molecule has 0 amide bonds. The summed E-state index contributed by atoms with van der Waals surface area (Å²) in [6.45, 7) is 3.61. The quantitative estimate of drug-likeness (QED) is 0.705. The first kappa shape index (κ1) is 12.2. The monoisotopic (exact) mass is 207 g/mol. The number of nitrogens with two attached hydrogens (primary N) is 1. The lowest BCUT2D eigenvalue weighted by Gasteiger charge is -2.22. The molecular weight excluding hydrogens is 186 g/mol. The fraction of sp³-hybridized carbons (Fsp3) is 0.500. The first-order valence-electron chi connectivity index (χ1n) is 5.33. The maximum atomic E-state index is 5.71. The van der Waals surface area contributed by atoms with E-state index < -0.39 is 0 Å². The van der Waals surface area contributed by atoms with Gasteiger partial charge in [0.25, 0.3) is 0 Å². The first-order valence-corrected chi connectivity index (χ1v) is 5.33. The Bertz CT molecular complexity index is 259. The van der Waals surface area contributed by atoms with Gasteiger partial charge < -0.3 is 10.6 Å². The Balaban J connectivity index is 2.40. The van der Waals surface area contributed by atoms with Gasteiger partial charge in [0.1, 0.15) is 0 Å². The molecule has 0 unspecified atom stereocenters. The van der Waals surface area contributed by atoms with E-state index in [0.29, 0.717) is 6.67 Å². The van der Waals surface area contributed by atoms with Gasteiger partial charge in [-0.2, -0.15) is 0 Å². The van der Waals surface area contributed by atoms with Crippen molar-refractivity contribution in [2.75, 3.05) is 33.9 Å². The molecule has 1 aromatic rings. The zero-order chi connectivity index (χ0) is 11.1. The van der Waals surface area contributed by atoms with E-state index in [9.17, 15) is 0 Å². The lowest BCUT2D eigenvalue weighted by Crippen LogP contribution is -2.35. The summed E-state index contributed by atoms with van der Waals surface area (Å²) in [5.41, 5.74) is 7.04. The second-order valence-electron chi connectivity index (χ2n) is 4.02. The SMILES string of the molecule is CN(C)CCN(CN)Cc1ccccc1. The summed E-state index contributed by atoms with van der Waals surface area (Å²) in [7, 11) is 4.16. The van der Waals surface area contributed by atoms with Gasteiger partial charge in [0, 0.05) is 26.3 Å². The highest BCUT2D eigenvalue weighted by Gasteiger charge is 2.03. The molecule has 3 heteroatoms. The zero-order valence-electron chi connectivity index (χ0n) is 9.69. The Hall–Kier alpha value is -0.900. The molecule has 84 valence electrons. The van der Waals surface area contributed by atoms with E-state index in [1.54, 1.807) is 0 Å². The molecule has 0 heterocycles. The molecule has 0 aliphatic rings. The summed E-state index contributed by atoms with van der Waals surface area (Å²) >= 11 is 0. The fourth-order valence-corrected chi connectivity index (χ4v) is 1.42. The van der Waals surface area contributed by atoms with Crippen LogP contribution in [0.2, 0.25) is 0 Å². The van der Waals surface area contributed by atoms with Crippen LogP contribution >= 0.6 is 0 Å². The molecule has 1 aromatic carbocycles. The minimum Gasteiger partial charge on any atom is -0.318 e. The molecule has 0 radical (unpaired) electrons. The predicted molar refractivity (Wildman–Crippen MR) is 64.5 cm³/mol. The number of hydrogen-bond donors (Lipinski definition) is 1. The average molecular weight is 207 g/mol. The smallest absolute Gasteiger partial charge is 0.0459 e. The highest BCUT2D eigenvalue weighted by Crippen LogP contribution is 2.02. The zero-order valence-corrected chi connectivity index (χ0v) is 9.69. The maximum absolute atomic E-state index is 5.71. The van der Waals surface area contributed by atoms with E-state index >= 15 is 0 Å². The number of hydrogen-bond acceptors (Lipinski definition) is 3. The van der Waals surface area contributed by atoms with Crippen LogP contribution in [0.15, 0.2) is 30.3 Å². The van der Waals surface area contributed by atoms with Crippen LogP contribution in [0.4, 0.5) is 0 Å². The molecule has 15 heavy (non-hydrogen) atoms. The van der Waals surface area contributed by atoms with Crippen molar-refractivity contribution in [2.45, 2.75) is 6.54 Å². The van der Waals surface area contributed by atoms with E-state index in [-0.39, 0.29) is 0 Å². The van der Waals surface area contributed by atoms with Crippen molar-refractivity contribution in [1.29, 1.82) is 0 Å². The van der Waals surface area contributed by atoms with Gasteiger partial charge >= 0.3 is 0 Å². The molecule has 2 N–H and O–H groups in total. The van der Waals surface area contributed by atoms with E-state index in [2.05, 4.69) is 48.2 Å². The van der Waals surface area contributed by atoms with Crippen LogP contribution in [0.1, 0.15) is 5.56 Å².